The lowest BCUT2D eigenvalue weighted by molar-refractivity contribution is 0.408. The fourth-order valence-corrected chi connectivity index (χ4v) is 2.99. The van der Waals surface area contributed by atoms with Crippen molar-refractivity contribution in [3.63, 3.8) is 0 Å². The Morgan fingerprint density at radius 1 is 0.750 bits per heavy atom. The van der Waals surface area contributed by atoms with Crippen LogP contribution in [-0.4, -0.2) is 27.2 Å². The molecule has 28 heavy (non-hydrogen) atoms. The molecule has 0 aliphatic rings. The largest absolute Gasteiger partial charge is 0.507 e. The molecule has 1 aromatic heterocycles. The second kappa shape index (κ2) is 7.66. The van der Waals surface area contributed by atoms with Crippen molar-refractivity contribution in [2.75, 3.05) is 7.11 Å². The van der Waals surface area contributed by atoms with Crippen LogP contribution < -0.4 is 4.74 Å². The summed E-state index contributed by atoms with van der Waals surface area (Å²) in [6.45, 7) is 0. The summed E-state index contributed by atoms with van der Waals surface area (Å²) in [5, 5.41) is 11.0. The molecule has 0 saturated heterocycles. The van der Waals surface area contributed by atoms with E-state index in [1.54, 1.807) is 31.4 Å². The van der Waals surface area contributed by atoms with Gasteiger partial charge in [0.2, 0.25) is 0 Å². The molecular formula is C22H16ClN3O2. The number of phenolic OH excluding ortho intramolecular Hbond substituents is 1. The number of halogens is 1. The predicted molar refractivity (Wildman–Crippen MR) is 109 cm³/mol. The van der Waals surface area contributed by atoms with Crippen LogP contribution in [0, 0.1) is 0 Å². The fourth-order valence-electron chi connectivity index (χ4n) is 2.80. The minimum atomic E-state index is 0.0293. The number of nitrogens with zero attached hydrogens (tertiary/aromatic N) is 3. The number of rotatable bonds is 4. The van der Waals surface area contributed by atoms with Gasteiger partial charge in [0, 0.05) is 22.2 Å². The van der Waals surface area contributed by atoms with E-state index in [4.69, 9.17) is 16.3 Å². The van der Waals surface area contributed by atoms with Crippen LogP contribution >= 0.6 is 11.6 Å². The van der Waals surface area contributed by atoms with Gasteiger partial charge < -0.3 is 9.84 Å². The van der Waals surface area contributed by atoms with Gasteiger partial charge in [-0.2, -0.15) is 0 Å². The number of aromatic nitrogens is 3. The highest BCUT2D eigenvalue weighted by Crippen LogP contribution is 2.32. The zero-order chi connectivity index (χ0) is 19.5. The molecule has 6 heteroatoms. The van der Waals surface area contributed by atoms with Crippen molar-refractivity contribution in [3.8, 4) is 45.7 Å². The van der Waals surface area contributed by atoms with Crippen LogP contribution in [0.1, 0.15) is 0 Å². The van der Waals surface area contributed by atoms with Crippen LogP contribution in [0.5, 0.6) is 11.5 Å². The van der Waals surface area contributed by atoms with Crippen LogP contribution in [0.15, 0.2) is 72.8 Å². The summed E-state index contributed by atoms with van der Waals surface area (Å²) in [4.78, 5) is 13.8. The van der Waals surface area contributed by atoms with E-state index in [1.807, 2.05) is 42.5 Å². The number of methoxy groups -OCH3 is 1. The minimum Gasteiger partial charge on any atom is -0.507 e. The van der Waals surface area contributed by atoms with Gasteiger partial charge in [-0.1, -0.05) is 54.1 Å². The minimum absolute atomic E-state index is 0.0293. The number of aromatic hydroxyl groups is 1. The molecule has 0 amide bonds. The van der Waals surface area contributed by atoms with E-state index in [-0.39, 0.29) is 5.75 Å². The molecule has 5 nitrogen and oxygen atoms in total. The van der Waals surface area contributed by atoms with Crippen molar-refractivity contribution in [2.24, 2.45) is 0 Å². The Morgan fingerprint density at radius 2 is 1.43 bits per heavy atom. The molecule has 4 rings (SSSR count). The molecule has 0 saturated carbocycles. The van der Waals surface area contributed by atoms with E-state index in [9.17, 15) is 5.11 Å². The van der Waals surface area contributed by atoms with E-state index < -0.39 is 0 Å². The van der Waals surface area contributed by atoms with E-state index in [0.717, 1.165) is 11.1 Å². The number of benzene rings is 3. The van der Waals surface area contributed by atoms with Gasteiger partial charge in [0.15, 0.2) is 17.5 Å². The quantitative estimate of drug-likeness (QED) is 0.517. The first-order chi connectivity index (χ1) is 13.6. The second-order valence-corrected chi connectivity index (χ2v) is 6.50. The molecule has 0 aliphatic carbocycles. The van der Waals surface area contributed by atoms with Gasteiger partial charge >= 0.3 is 0 Å². The molecule has 0 radical (unpaired) electrons. The predicted octanol–water partition coefficient (Wildman–Crippen LogP) is 5.24. The molecule has 0 spiro atoms. The summed E-state index contributed by atoms with van der Waals surface area (Å²) < 4.78 is 5.16. The second-order valence-electron chi connectivity index (χ2n) is 6.07. The van der Waals surface area contributed by atoms with Crippen LogP contribution in [0.4, 0.5) is 0 Å². The Hall–Kier alpha value is -3.44. The maximum Gasteiger partial charge on any atom is 0.167 e. The third kappa shape index (κ3) is 3.66. The van der Waals surface area contributed by atoms with Crippen molar-refractivity contribution in [2.45, 2.75) is 0 Å². The Bertz CT molecular complexity index is 1130. The lowest BCUT2D eigenvalue weighted by Crippen LogP contribution is -2.00. The zero-order valence-corrected chi connectivity index (χ0v) is 15.8. The summed E-state index contributed by atoms with van der Waals surface area (Å²) in [6, 6.07) is 21.9. The number of hydrogen-bond donors (Lipinski definition) is 1. The molecule has 0 aliphatic heterocycles. The van der Waals surface area contributed by atoms with Crippen LogP contribution in [-0.2, 0) is 0 Å². The van der Waals surface area contributed by atoms with E-state index in [2.05, 4.69) is 15.0 Å². The third-order valence-corrected chi connectivity index (χ3v) is 4.43. The highest BCUT2D eigenvalue weighted by atomic mass is 35.5. The van der Waals surface area contributed by atoms with Crippen molar-refractivity contribution >= 4 is 11.6 Å². The lowest BCUT2D eigenvalue weighted by Gasteiger charge is -2.10. The summed E-state index contributed by atoms with van der Waals surface area (Å²) in [6.07, 6.45) is 0. The highest BCUT2D eigenvalue weighted by molar-refractivity contribution is 6.30. The first-order valence-electron chi connectivity index (χ1n) is 8.59. The van der Waals surface area contributed by atoms with Crippen LogP contribution in [0.3, 0.4) is 0 Å². The molecule has 3 aromatic carbocycles. The summed E-state index contributed by atoms with van der Waals surface area (Å²) in [5.74, 6) is 1.93. The number of hydrogen-bond acceptors (Lipinski definition) is 5. The number of ether oxygens (including phenoxy) is 1. The maximum absolute atomic E-state index is 10.4. The molecular weight excluding hydrogens is 374 g/mol. The van der Waals surface area contributed by atoms with Gasteiger partial charge in [0.1, 0.15) is 11.5 Å². The topological polar surface area (TPSA) is 68.1 Å². The van der Waals surface area contributed by atoms with Crippen LogP contribution in [0.2, 0.25) is 5.02 Å². The molecule has 0 atom stereocenters. The van der Waals surface area contributed by atoms with Gasteiger partial charge in [-0.15, -0.1) is 0 Å². The Morgan fingerprint density at radius 3 is 2.11 bits per heavy atom. The van der Waals surface area contributed by atoms with Gasteiger partial charge in [0.05, 0.1) is 12.7 Å². The van der Waals surface area contributed by atoms with Crippen molar-refractivity contribution in [1.29, 1.82) is 0 Å². The average molecular weight is 390 g/mol. The van der Waals surface area contributed by atoms with Crippen molar-refractivity contribution < 1.29 is 9.84 Å². The lowest BCUT2D eigenvalue weighted by atomic mass is 10.1. The fraction of sp³-hybridized carbons (Fsp3) is 0.0455. The standard InChI is InChI=1S/C22H16ClN3O2/c1-28-17-10-11-18(19(27)13-17)22-25-20(14-6-3-2-4-7-14)24-21(26-22)15-8-5-9-16(23)12-15/h2-13,27H,1H3. The summed E-state index contributed by atoms with van der Waals surface area (Å²) in [5.41, 5.74) is 2.10. The molecule has 1 heterocycles. The zero-order valence-electron chi connectivity index (χ0n) is 15.0. The van der Waals surface area contributed by atoms with Gasteiger partial charge in [-0.3, -0.25) is 0 Å². The van der Waals surface area contributed by atoms with Crippen LogP contribution in [0.25, 0.3) is 34.2 Å². The summed E-state index contributed by atoms with van der Waals surface area (Å²) >= 11 is 6.14. The molecule has 4 aromatic rings. The first kappa shape index (κ1) is 17.9. The van der Waals surface area contributed by atoms with Gasteiger partial charge in [-0.25, -0.2) is 15.0 Å². The Kier molecular flexibility index (Phi) is 4.91. The molecule has 1 N–H and O–H groups in total. The van der Waals surface area contributed by atoms with Gasteiger partial charge in [-0.05, 0) is 24.3 Å². The highest BCUT2D eigenvalue weighted by Gasteiger charge is 2.15. The van der Waals surface area contributed by atoms with E-state index in [1.165, 1.54) is 6.07 Å². The maximum atomic E-state index is 10.4. The van der Waals surface area contributed by atoms with E-state index >= 15 is 0 Å². The number of phenols is 1. The van der Waals surface area contributed by atoms with Gasteiger partial charge in [0.25, 0.3) is 0 Å². The monoisotopic (exact) mass is 389 g/mol. The molecule has 138 valence electrons. The van der Waals surface area contributed by atoms with E-state index in [0.29, 0.717) is 33.8 Å². The molecule has 0 bridgehead atoms. The average Bonchev–Trinajstić information content (AvgIpc) is 2.74. The first-order valence-corrected chi connectivity index (χ1v) is 8.96. The SMILES string of the molecule is COc1ccc(-c2nc(-c3ccccc3)nc(-c3cccc(Cl)c3)n2)c(O)c1. The third-order valence-electron chi connectivity index (χ3n) is 4.20. The smallest absolute Gasteiger partial charge is 0.167 e. The normalized spacial score (nSPS) is 10.6. The van der Waals surface area contributed by atoms with Crippen molar-refractivity contribution in [1.82, 2.24) is 15.0 Å². The summed E-state index contributed by atoms with van der Waals surface area (Å²) in [7, 11) is 1.54. The van der Waals surface area contributed by atoms with Crippen molar-refractivity contribution in [3.05, 3.63) is 77.8 Å². The molecule has 0 unspecified atom stereocenters. The Balaban J connectivity index is 1.92. The Labute approximate surface area is 167 Å². The molecule has 0 fully saturated rings.